The van der Waals surface area contributed by atoms with Crippen LogP contribution in [-0.2, 0) is 6.61 Å². The molecular formula is C26H26N2O4. The Balaban J connectivity index is 1.51. The van der Waals surface area contributed by atoms with Crippen LogP contribution in [-0.4, -0.2) is 31.1 Å². The molecule has 32 heavy (non-hydrogen) atoms. The number of hydrogen-bond acceptors (Lipinski definition) is 5. The van der Waals surface area contributed by atoms with Crippen molar-refractivity contribution in [2.75, 3.05) is 19.5 Å². The molecular weight excluding hydrogens is 404 g/mol. The minimum atomic E-state index is -0.309. The number of anilines is 1. The molecule has 1 aliphatic heterocycles. The van der Waals surface area contributed by atoms with Crippen LogP contribution in [0.2, 0.25) is 0 Å². The Hall–Kier alpha value is -3.67. The molecule has 0 radical (unpaired) electrons. The van der Waals surface area contributed by atoms with Crippen LogP contribution in [0.4, 0.5) is 5.69 Å². The average Bonchev–Trinajstić information content (AvgIpc) is 3.68. The van der Waals surface area contributed by atoms with Gasteiger partial charge in [-0.3, -0.25) is 4.79 Å². The van der Waals surface area contributed by atoms with E-state index in [2.05, 4.69) is 5.32 Å². The number of methoxy groups -OCH3 is 2. The number of fused-ring (bicyclic) bond motifs is 1. The van der Waals surface area contributed by atoms with E-state index in [1.165, 1.54) is 0 Å². The molecule has 1 unspecified atom stereocenters. The topological polar surface area (TPSA) is 60.0 Å². The van der Waals surface area contributed by atoms with Crippen molar-refractivity contribution in [2.24, 2.45) is 0 Å². The predicted molar refractivity (Wildman–Crippen MR) is 122 cm³/mol. The Morgan fingerprint density at radius 2 is 1.59 bits per heavy atom. The van der Waals surface area contributed by atoms with Gasteiger partial charge in [-0.1, -0.05) is 42.5 Å². The maximum atomic E-state index is 13.3. The molecule has 1 heterocycles. The quantitative estimate of drug-likeness (QED) is 0.571. The van der Waals surface area contributed by atoms with Crippen LogP contribution in [0.15, 0.2) is 66.7 Å². The fraction of sp³-hybridized carbons (Fsp3) is 0.269. The summed E-state index contributed by atoms with van der Waals surface area (Å²) in [5, 5.41) is 3.55. The van der Waals surface area contributed by atoms with E-state index in [1.54, 1.807) is 14.2 Å². The first-order chi connectivity index (χ1) is 15.7. The lowest BCUT2D eigenvalue weighted by Crippen LogP contribution is -2.44. The fourth-order valence-corrected chi connectivity index (χ4v) is 4.17. The van der Waals surface area contributed by atoms with Gasteiger partial charge in [0, 0.05) is 17.3 Å². The van der Waals surface area contributed by atoms with E-state index in [9.17, 15) is 4.79 Å². The molecule has 1 fully saturated rings. The predicted octanol–water partition coefficient (Wildman–Crippen LogP) is 5.01. The molecule has 2 aliphatic rings. The second-order valence-corrected chi connectivity index (χ2v) is 8.06. The number of ether oxygens (including phenoxy) is 3. The van der Waals surface area contributed by atoms with Crippen LogP contribution in [0.5, 0.6) is 17.2 Å². The number of para-hydroxylation sites is 1. The highest BCUT2D eigenvalue weighted by Gasteiger charge is 2.42. The van der Waals surface area contributed by atoms with Gasteiger partial charge in [0.05, 0.1) is 19.8 Å². The van der Waals surface area contributed by atoms with Crippen molar-refractivity contribution in [1.82, 2.24) is 4.90 Å². The summed E-state index contributed by atoms with van der Waals surface area (Å²) in [4.78, 5) is 15.3. The minimum absolute atomic E-state index is 0.0502. The molecule has 6 heteroatoms. The van der Waals surface area contributed by atoms with E-state index in [0.29, 0.717) is 29.4 Å². The fourth-order valence-electron chi connectivity index (χ4n) is 4.17. The summed E-state index contributed by atoms with van der Waals surface area (Å²) in [5.41, 5.74) is 3.48. The lowest BCUT2D eigenvalue weighted by atomic mass is 10.0. The molecule has 0 bridgehead atoms. The smallest absolute Gasteiger partial charge is 0.258 e. The zero-order valence-corrected chi connectivity index (χ0v) is 18.2. The summed E-state index contributed by atoms with van der Waals surface area (Å²) >= 11 is 0. The van der Waals surface area contributed by atoms with E-state index in [0.717, 1.165) is 29.7 Å². The van der Waals surface area contributed by atoms with Gasteiger partial charge < -0.3 is 24.4 Å². The molecule has 0 spiro atoms. The first-order valence-corrected chi connectivity index (χ1v) is 10.8. The van der Waals surface area contributed by atoms with Gasteiger partial charge in [-0.05, 0) is 42.7 Å². The number of benzene rings is 3. The Morgan fingerprint density at radius 3 is 2.25 bits per heavy atom. The highest BCUT2D eigenvalue weighted by atomic mass is 16.5. The highest BCUT2D eigenvalue weighted by Crippen LogP contribution is 2.45. The van der Waals surface area contributed by atoms with Crippen molar-refractivity contribution in [3.63, 3.8) is 0 Å². The van der Waals surface area contributed by atoms with Gasteiger partial charge in [0.1, 0.15) is 12.8 Å². The molecule has 5 rings (SSSR count). The van der Waals surface area contributed by atoms with Crippen molar-refractivity contribution < 1.29 is 19.0 Å². The summed E-state index contributed by atoms with van der Waals surface area (Å²) < 4.78 is 17.4. The van der Waals surface area contributed by atoms with Crippen LogP contribution < -0.4 is 19.5 Å². The molecule has 164 valence electrons. The van der Waals surface area contributed by atoms with Crippen LogP contribution in [0, 0.1) is 0 Å². The second-order valence-electron chi connectivity index (χ2n) is 8.06. The number of carbonyl (C=O) groups is 1. The molecule has 1 N–H and O–H groups in total. The number of nitrogens with zero attached hydrogens (tertiary/aromatic N) is 1. The first kappa shape index (κ1) is 20.2. The molecule has 1 saturated carbocycles. The maximum absolute atomic E-state index is 13.3. The normalized spacial score (nSPS) is 17.4. The van der Waals surface area contributed by atoms with Crippen molar-refractivity contribution in [1.29, 1.82) is 0 Å². The Bertz CT molecular complexity index is 1100. The third-order valence-corrected chi connectivity index (χ3v) is 5.93. The molecule has 1 amide bonds. The second kappa shape index (κ2) is 8.46. The first-order valence-electron chi connectivity index (χ1n) is 10.8. The van der Waals surface area contributed by atoms with Crippen LogP contribution in [0.3, 0.4) is 0 Å². The number of nitrogens with one attached hydrogen (secondary N) is 1. The molecule has 3 aromatic carbocycles. The third kappa shape index (κ3) is 3.73. The van der Waals surface area contributed by atoms with E-state index in [1.807, 2.05) is 71.6 Å². The van der Waals surface area contributed by atoms with Gasteiger partial charge in [-0.15, -0.1) is 0 Å². The summed E-state index contributed by atoms with van der Waals surface area (Å²) in [6, 6.07) is 21.7. The van der Waals surface area contributed by atoms with Crippen LogP contribution in [0.1, 0.15) is 40.5 Å². The Kier molecular flexibility index (Phi) is 5.35. The zero-order chi connectivity index (χ0) is 22.1. The van der Waals surface area contributed by atoms with Gasteiger partial charge in [0.25, 0.3) is 5.91 Å². The molecule has 0 aromatic heterocycles. The van der Waals surface area contributed by atoms with E-state index in [4.69, 9.17) is 14.2 Å². The average molecular weight is 431 g/mol. The number of amides is 1. The monoisotopic (exact) mass is 430 g/mol. The molecule has 1 aliphatic carbocycles. The van der Waals surface area contributed by atoms with Crippen molar-refractivity contribution in [3.8, 4) is 17.2 Å². The molecule has 1 atom stereocenters. The van der Waals surface area contributed by atoms with E-state index in [-0.39, 0.29) is 18.1 Å². The number of rotatable bonds is 7. The highest BCUT2D eigenvalue weighted by molar-refractivity contribution is 6.02. The van der Waals surface area contributed by atoms with Crippen LogP contribution >= 0.6 is 0 Å². The zero-order valence-electron chi connectivity index (χ0n) is 18.2. The minimum Gasteiger partial charge on any atom is -0.493 e. The van der Waals surface area contributed by atoms with E-state index >= 15 is 0 Å². The number of carbonyl (C=O) groups excluding carboxylic acids is 1. The third-order valence-electron chi connectivity index (χ3n) is 5.93. The standard InChI is InChI=1S/C26H26N2O4/c1-30-22-14-18(15-23(31-2)24(22)32-16-17-8-4-3-5-9-17)25-27-21-11-7-6-10-20(21)26(29)28(25)19-12-13-19/h3-11,14-15,19,25,27H,12-13,16H2,1-2H3. The summed E-state index contributed by atoms with van der Waals surface area (Å²) in [5.74, 6) is 1.73. The summed E-state index contributed by atoms with van der Waals surface area (Å²) in [6.07, 6.45) is 1.72. The summed E-state index contributed by atoms with van der Waals surface area (Å²) in [7, 11) is 3.22. The SMILES string of the molecule is COc1cc(C2Nc3ccccc3C(=O)N2C2CC2)cc(OC)c1OCc1ccccc1. The van der Waals surface area contributed by atoms with Crippen molar-refractivity contribution in [2.45, 2.75) is 31.7 Å². The molecule has 0 saturated heterocycles. The van der Waals surface area contributed by atoms with Crippen molar-refractivity contribution >= 4 is 11.6 Å². The van der Waals surface area contributed by atoms with Crippen molar-refractivity contribution in [3.05, 3.63) is 83.4 Å². The number of hydrogen-bond donors (Lipinski definition) is 1. The lowest BCUT2D eigenvalue weighted by Gasteiger charge is -2.38. The molecule has 6 nitrogen and oxygen atoms in total. The van der Waals surface area contributed by atoms with Gasteiger partial charge in [-0.25, -0.2) is 0 Å². The maximum Gasteiger partial charge on any atom is 0.258 e. The Morgan fingerprint density at radius 1 is 0.938 bits per heavy atom. The van der Waals surface area contributed by atoms with E-state index < -0.39 is 0 Å². The van der Waals surface area contributed by atoms with Crippen LogP contribution in [0.25, 0.3) is 0 Å². The molecule has 3 aromatic rings. The summed E-state index contributed by atoms with van der Waals surface area (Å²) in [6.45, 7) is 0.397. The lowest BCUT2D eigenvalue weighted by molar-refractivity contribution is 0.0666. The van der Waals surface area contributed by atoms with Gasteiger partial charge >= 0.3 is 0 Å². The van der Waals surface area contributed by atoms with Gasteiger partial charge in [0.2, 0.25) is 5.75 Å². The Labute approximate surface area is 187 Å². The van der Waals surface area contributed by atoms with Gasteiger partial charge in [0.15, 0.2) is 11.5 Å². The largest absolute Gasteiger partial charge is 0.493 e. The van der Waals surface area contributed by atoms with Gasteiger partial charge in [-0.2, -0.15) is 0 Å².